The molecule has 0 radical (unpaired) electrons. The van der Waals surface area contributed by atoms with Crippen molar-refractivity contribution in [2.24, 2.45) is 5.28 Å². The van der Waals surface area contributed by atoms with Gasteiger partial charge < -0.3 is 10.0 Å². The average Bonchev–Trinajstić information content (AvgIpc) is 2.49. The van der Waals surface area contributed by atoms with E-state index in [1.165, 1.54) is 5.01 Å². The van der Waals surface area contributed by atoms with E-state index in [1.807, 2.05) is 56.3 Å². The van der Waals surface area contributed by atoms with Crippen molar-refractivity contribution >= 4 is 10.8 Å². The quantitative estimate of drug-likeness (QED) is 0.460. The monoisotopic (exact) mass is 273 g/mol. The van der Waals surface area contributed by atoms with E-state index in [9.17, 15) is 5.21 Å². The standard InChI is InChI=1S/C15H19N3O2/c1-3-17(4-2)18(19)16-20-12-14-10-7-9-13-8-5-6-11-15(13)14/h5-11H,3-4,12H2,1-2H3. The summed E-state index contributed by atoms with van der Waals surface area (Å²) >= 11 is 0. The molecular formula is C15H19N3O2. The summed E-state index contributed by atoms with van der Waals surface area (Å²) in [6.07, 6.45) is 0. The van der Waals surface area contributed by atoms with E-state index in [4.69, 9.17) is 4.84 Å². The number of hydrogen-bond acceptors (Lipinski definition) is 3. The fraction of sp³-hybridized carbons (Fsp3) is 0.333. The summed E-state index contributed by atoms with van der Waals surface area (Å²) in [6, 6.07) is 14.1. The van der Waals surface area contributed by atoms with Crippen molar-refractivity contribution in [3.63, 3.8) is 0 Å². The molecule has 0 amide bonds. The van der Waals surface area contributed by atoms with Gasteiger partial charge in [0, 0.05) is 5.56 Å². The van der Waals surface area contributed by atoms with Gasteiger partial charge in [-0.3, -0.25) is 0 Å². The first-order valence-corrected chi connectivity index (χ1v) is 6.78. The minimum atomic E-state index is 0.279. The van der Waals surface area contributed by atoms with Gasteiger partial charge in [-0.2, -0.15) is 0 Å². The number of fused-ring (bicyclic) bond motifs is 1. The summed E-state index contributed by atoms with van der Waals surface area (Å²) in [5.41, 5.74) is 1.01. The van der Waals surface area contributed by atoms with Crippen LogP contribution < -0.4 is 0 Å². The molecule has 0 aliphatic heterocycles. The minimum Gasteiger partial charge on any atom is -0.569 e. The van der Waals surface area contributed by atoms with Gasteiger partial charge in [-0.15, -0.1) is 5.01 Å². The molecule has 0 atom stereocenters. The molecule has 20 heavy (non-hydrogen) atoms. The normalized spacial score (nSPS) is 11.6. The van der Waals surface area contributed by atoms with Crippen LogP contribution in [0.5, 0.6) is 0 Å². The second kappa shape index (κ2) is 6.75. The zero-order chi connectivity index (χ0) is 14.4. The van der Waals surface area contributed by atoms with E-state index in [2.05, 4.69) is 5.28 Å². The lowest BCUT2D eigenvalue weighted by atomic mass is 10.1. The second-order valence-electron chi connectivity index (χ2n) is 4.39. The van der Waals surface area contributed by atoms with Crippen LogP contribution in [0.2, 0.25) is 0 Å². The van der Waals surface area contributed by atoms with Crippen molar-refractivity contribution < 1.29 is 9.81 Å². The van der Waals surface area contributed by atoms with Crippen LogP contribution in [-0.4, -0.2) is 23.1 Å². The first-order valence-electron chi connectivity index (χ1n) is 6.78. The fourth-order valence-corrected chi connectivity index (χ4v) is 2.08. The van der Waals surface area contributed by atoms with Gasteiger partial charge >= 0.3 is 0 Å². The van der Waals surface area contributed by atoms with Crippen LogP contribution in [0.4, 0.5) is 0 Å². The van der Waals surface area contributed by atoms with Crippen LogP contribution in [0.15, 0.2) is 47.7 Å². The highest BCUT2D eigenvalue weighted by Gasteiger charge is 2.07. The zero-order valence-electron chi connectivity index (χ0n) is 11.8. The lowest BCUT2D eigenvalue weighted by molar-refractivity contribution is -0.710. The van der Waals surface area contributed by atoms with Crippen LogP contribution in [0, 0.1) is 5.21 Å². The van der Waals surface area contributed by atoms with Gasteiger partial charge in [0.05, 0.1) is 18.1 Å². The lowest BCUT2D eigenvalue weighted by Crippen LogP contribution is -2.30. The van der Waals surface area contributed by atoms with Crippen molar-refractivity contribution in [3.8, 4) is 0 Å². The second-order valence-corrected chi connectivity index (χ2v) is 4.39. The highest BCUT2D eigenvalue weighted by molar-refractivity contribution is 5.85. The third kappa shape index (κ3) is 3.17. The Kier molecular flexibility index (Phi) is 4.76. The molecule has 0 heterocycles. The van der Waals surface area contributed by atoms with E-state index in [1.54, 1.807) is 0 Å². The van der Waals surface area contributed by atoms with Crippen LogP contribution in [0.25, 0.3) is 10.8 Å². The zero-order valence-corrected chi connectivity index (χ0v) is 11.8. The molecule has 0 fully saturated rings. The number of hydrazine groups is 1. The molecule has 5 nitrogen and oxygen atoms in total. The fourth-order valence-electron chi connectivity index (χ4n) is 2.08. The van der Waals surface area contributed by atoms with Crippen molar-refractivity contribution in [1.82, 2.24) is 5.01 Å². The first-order chi connectivity index (χ1) is 9.76. The molecular weight excluding hydrogens is 254 g/mol. The Labute approximate surface area is 118 Å². The van der Waals surface area contributed by atoms with E-state index in [0.29, 0.717) is 18.1 Å². The predicted molar refractivity (Wildman–Crippen MR) is 77.7 cm³/mol. The van der Waals surface area contributed by atoms with Crippen LogP contribution in [-0.2, 0) is 11.4 Å². The van der Waals surface area contributed by atoms with E-state index in [-0.39, 0.29) is 6.61 Å². The number of benzene rings is 2. The third-order valence-corrected chi connectivity index (χ3v) is 3.20. The van der Waals surface area contributed by atoms with E-state index in [0.717, 1.165) is 16.3 Å². The van der Waals surface area contributed by atoms with Gasteiger partial charge in [0.15, 0.2) is 0 Å². The van der Waals surface area contributed by atoms with Crippen LogP contribution in [0.1, 0.15) is 19.4 Å². The summed E-state index contributed by atoms with van der Waals surface area (Å²) in [5.74, 6) is 0. The first kappa shape index (κ1) is 14.1. The minimum absolute atomic E-state index is 0.279. The molecule has 0 saturated carbocycles. The Morgan fingerprint density at radius 3 is 2.55 bits per heavy atom. The maximum atomic E-state index is 11.6. The van der Waals surface area contributed by atoms with Crippen molar-refractivity contribution in [2.75, 3.05) is 13.1 Å². The van der Waals surface area contributed by atoms with Crippen LogP contribution >= 0.6 is 0 Å². The molecule has 2 aromatic carbocycles. The van der Waals surface area contributed by atoms with Gasteiger partial charge in [-0.05, 0) is 24.6 Å². The SMILES string of the molecule is CCN(CC)[N+]([O-])=NOCc1cccc2ccccc12. The Morgan fingerprint density at radius 1 is 1.10 bits per heavy atom. The molecule has 5 heteroatoms. The topological polar surface area (TPSA) is 50.9 Å². The smallest absolute Gasteiger partial charge is 0.233 e. The van der Waals surface area contributed by atoms with Crippen molar-refractivity contribution in [3.05, 3.63) is 53.2 Å². The maximum absolute atomic E-state index is 11.6. The van der Waals surface area contributed by atoms with Gasteiger partial charge in [-0.1, -0.05) is 42.5 Å². The molecule has 0 bridgehead atoms. The molecule has 0 unspecified atom stereocenters. The van der Waals surface area contributed by atoms with Crippen molar-refractivity contribution in [1.29, 1.82) is 0 Å². The molecule has 0 spiro atoms. The highest BCUT2D eigenvalue weighted by Crippen LogP contribution is 2.19. The summed E-state index contributed by atoms with van der Waals surface area (Å²) < 4.78 is 0. The summed E-state index contributed by atoms with van der Waals surface area (Å²) in [6.45, 7) is 5.27. The lowest BCUT2D eigenvalue weighted by Gasteiger charge is -2.13. The molecule has 0 aliphatic carbocycles. The largest absolute Gasteiger partial charge is 0.569 e. The summed E-state index contributed by atoms with van der Waals surface area (Å²) in [7, 11) is 0. The van der Waals surface area contributed by atoms with E-state index >= 15 is 0 Å². The van der Waals surface area contributed by atoms with Gasteiger partial charge in [0.2, 0.25) is 5.28 Å². The molecule has 0 aromatic heterocycles. The maximum Gasteiger partial charge on any atom is 0.233 e. The van der Waals surface area contributed by atoms with Gasteiger partial charge in [0.25, 0.3) is 0 Å². The van der Waals surface area contributed by atoms with E-state index < -0.39 is 0 Å². The predicted octanol–water partition coefficient (Wildman–Crippen LogP) is 3.49. The Bertz CT molecular complexity index is 589. The molecule has 2 rings (SSSR count). The molecule has 2 aromatic rings. The summed E-state index contributed by atoms with van der Waals surface area (Å²) in [5, 5.41) is 19.0. The summed E-state index contributed by atoms with van der Waals surface area (Å²) in [4.78, 5) is 5.68. The number of rotatable bonds is 6. The number of nitrogens with zero attached hydrogens (tertiary/aromatic N) is 3. The molecule has 0 N–H and O–H groups in total. The Balaban J connectivity index is 2.08. The Morgan fingerprint density at radius 2 is 1.80 bits per heavy atom. The van der Waals surface area contributed by atoms with Gasteiger partial charge in [-0.25, -0.2) is 0 Å². The third-order valence-electron chi connectivity index (χ3n) is 3.20. The van der Waals surface area contributed by atoms with Gasteiger partial charge in [0.1, 0.15) is 6.61 Å². The molecule has 0 saturated heterocycles. The molecule has 106 valence electrons. The Hall–Kier alpha value is -2.30. The average molecular weight is 273 g/mol. The number of hydrogen-bond donors (Lipinski definition) is 0. The highest BCUT2D eigenvalue weighted by atomic mass is 16.7. The van der Waals surface area contributed by atoms with Crippen LogP contribution in [0.3, 0.4) is 0 Å². The van der Waals surface area contributed by atoms with Crippen molar-refractivity contribution in [2.45, 2.75) is 20.5 Å². The molecule has 0 aliphatic rings.